The number of halogens is 1. The van der Waals surface area contributed by atoms with Crippen molar-refractivity contribution >= 4 is 23.2 Å². The number of aromatic nitrogens is 3. The highest BCUT2D eigenvalue weighted by Gasteiger charge is 2.23. The Hall–Kier alpha value is -2.80. The number of nitrogens with zero attached hydrogens (tertiary/aromatic N) is 3. The normalized spacial score (nSPS) is 10.9. The van der Waals surface area contributed by atoms with Gasteiger partial charge in [-0.1, -0.05) is 22.8 Å². The van der Waals surface area contributed by atoms with Gasteiger partial charge in [0.05, 0.1) is 35.8 Å². The molecule has 0 spiro atoms. The van der Waals surface area contributed by atoms with Gasteiger partial charge in [-0.2, -0.15) is 5.10 Å². The summed E-state index contributed by atoms with van der Waals surface area (Å²) in [6.45, 7) is 7.75. The summed E-state index contributed by atoms with van der Waals surface area (Å²) in [5, 5.41) is 11.8. The summed E-state index contributed by atoms with van der Waals surface area (Å²) in [6.07, 6.45) is 0. The molecule has 0 aliphatic rings. The summed E-state index contributed by atoms with van der Waals surface area (Å²) in [5.41, 5.74) is 3.99. The number of carbonyl (C=O) groups excluding carboxylic acids is 1. The van der Waals surface area contributed by atoms with Gasteiger partial charge in [-0.3, -0.25) is 9.48 Å². The smallest absolute Gasteiger partial charge is 0.278 e. The van der Waals surface area contributed by atoms with Gasteiger partial charge in [0.25, 0.3) is 5.91 Å². The number of anilines is 1. The quantitative estimate of drug-likeness (QED) is 0.712. The Morgan fingerprint density at radius 3 is 2.67 bits per heavy atom. The molecule has 0 radical (unpaired) electrons. The maximum absolute atomic E-state index is 12.8. The Bertz CT molecular complexity index is 1010. The van der Waals surface area contributed by atoms with Gasteiger partial charge in [-0.15, -0.1) is 0 Å². The van der Waals surface area contributed by atoms with E-state index in [1.165, 1.54) is 0 Å². The highest BCUT2D eigenvalue weighted by Crippen LogP contribution is 2.27. The van der Waals surface area contributed by atoms with E-state index >= 15 is 0 Å². The molecular formula is C19H21ClN4O3. The average Bonchev–Trinajstić information content (AvgIpc) is 3.11. The van der Waals surface area contributed by atoms with E-state index < -0.39 is 0 Å². The average molecular weight is 389 g/mol. The summed E-state index contributed by atoms with van der Waals surface area (Å²) in [7, 11) is 1.55. The third-order valence-corrected chi connectivity index (χ3v) is 4.95. The van der Waals surface area contributed by atoms with E-state index in [2.05, 4.69) is 15.6 Å². The number of hydrogen-bond acceptors (Lipinski definition) is 5. The fourth-order valence-electron chi connectivity index (χ4n) is 2.84. The van der Waals surface area contributed by atoms with Crippen LogP contribution in [0.1, 0.15) is 38.8 Å². The van der Waals surface area contributed by atoms with Gasteiger partial charge in [-0.25, -0.2) is 0 Å². The molecule has 0 saturated carbocycles. The van der Waals surface area contributed by atoms with Crippen molar-refractivity contribution in [1.82, 2.24) is 14.9 Å². The number of ether oxygens (including phenoxy) is 1. The van der Waals surface area contributed by atoms with Gasteiger partial charge in [0.1, 0.15) is 11.5 Å². The van der Waals surface area contributed by atoms with E-state index in [-0.39, 0.29) is 11.6 Å². The van der Waals surface area contributed by atoms with Crippen molar-refractivity contribution in [2.75, 3.05) is 12.4 Å². The number of carbonyl (C=O) groups is 1. The van der Waals surface area contributed by atoms with Crippen LogP contribution in [0.4, 0.5) is 5.69 Å². The van der Waals surface area contributed by atoms with Crippen molar-refractivity contribution < 1.29 is 14.1 Å². The monoisotopic (exact) mass is 388 g/mol. The molecule has 3 aromatic rings. The van der Waals surface area contributed by atoms with Crippen LogP contribution in [0.25, 0.3) is 0 Å². The summed E-state index contributed by atoms with van der Waals surface area (Å²) in [5.74, 6) is 0.749. The van der Waals surface area contributed by atoms with Gasteiger partial charge in [0.2, 0.25) is 0 Å². The number of amides is 1. The van der Waals surface area contributed by atoms with Crippen molar-refractivity contribution in [3.05, 3.63) is 57.2 Å². The van der Waals surface area contributed by atoms with Crippen LogP contribution in [0.3, 0.4) is 0 Å². The largest absolute Gasteiger partial charge is 0.495 e. The highest BCUT2D eigenvalue weighted by molar-refractivity contribution is 6.31. The summed E-state index contributed by atoms with van der Waals surface area (Å²) in [6, 6.07) is 5.55. The first-order valence-electron chi connectivity index (χ1n) is 8.42. The molecule has 0 fully saturated rings. The first-order chi connectivity index (χ1) is 12.8. The van der Waals surface area contributed by atoms with E-state index in [1.807, 2.05) is 32.9 Å². The van der Waals surface area contributed by atoms with E-state index in [4.69, 9.17) is 20.9 Å². The topological polar surface area (TPSA) is 82.2 Å². The first-order valence-corrected chi connectivity index (χ1v) is 8.80. The zero-order valence-corrected chi connectivity index (χ0v) is 16.6. The maximum atomic E-state index is 12.8. The third-order valence-electron chi connectivity index (χ3n) is 4.40. The minimum Gasteiger partial charge on any atom is -0.495 e. The van der Waals surface area contributed by atoms with Crippen molar-refractivity contribution in [3.8, 4) is 5.75 Å². The molecule has 8 heteroatoms. The SMILES string of the molecule is COc1ccc(C)cc1NC(=O)c1noc(C)c1Cn1nc(C)c(Cl)c1C. The van der Waals surface area contributed by atoms with E-state index in [0.29, 0.717) is 34.3 Å². The second-order valence-electron chi connectivity index (χ2n) is 6.37. The van der Waals surface area contributed by atoms with Crippen LogP contribution < -0.4 is 10.1 Å². The van der Waals surface area contributed by atoms with Crippen LogP contribution in [0.2, 0.25) is 5.02 Å². The summed E-state index contributed by atoms with van der Waals surface area (Å²) in [4.78, 5) is 12.8. The van der Waals surface area contributed by atoms with Crippen LogP contribution in [-0.4, -0.2) is 28.0 Å². The van der Waals surface area contributed by atoms with Crippen molar-refractivity contribution in [2.45, 2.75) is 34.2 Å². The van der Waals surface area contributed by atoms with Gasteiger partial charge >= 0.3 is 0 Å². The lowest BCUT2D eigenvalue weighted by molar-refractivity contribution is 0.101. The second-order valence-corrected chi connectivity index (χ2v) is 6.74. The number of benzene rings is 1. The van der Waals surface area contributed by atoms with E-state index in [9.17, 15) is 4.79 Å². The van der Waals surface area contributed by atoms with Gasteiger partial charge in [-0.05, 0) is 45.4 Å². The van der Waals surface area contributed by atoms with Crippen LogP contribution in [0.15, 0.2) is 22.7 Å². The molecule has 1 N–H and O–H groups in total. The molecule has 3 rings (SSSR count). The van der Waals surface area contributed by atoms with Crippen molar-refractivity contribution in [1.29, 1.82) is 0 Å². The molecule has 1 aromatic carbocycles. The number of nitrogens with one attached hydrogen (secondary N) is 1. The van der Waals surface area contributed by atoms with E-state index in [0.717, 1.165) is 17.0 Å². The molecule has 2 heterocycles. The molecule has 27 heavy (non-hydrogen) atoms. The standard InChI is InChI=1S/C19H21ClN4O3/c1-10-6-7-16(26-5)15(8-10)21-19(25)18-14(13(4)27-23-18)9-24-12(3)17(20)11(2)22-24/h6-8H,9H2,1-5H3,(H,21,25). The maximum Gasteiger partial charge on any atom is 0.278 e. The first kappa shape index (κ1) is 19.0. The molecule has 142 valence electrons. The molecule has 0 bridgehead atoms. The molecule has 0 aliphatic heterocycles. The zero-order valence-electron chi connectivity index (χ0n) is 15.9. The lowest BCUT2D eigenvalue weighted by Crippen LogP contribution is -2.17. The lowest BCUT2D eigenvalue weighted by atomic mass is 10.1. The molecule has 7 nitrogen and oxygen atoms in total. The molecule has 2 aromatic heterocycles. The molecular weight excluding hydrogens is 368 g/mol. The van der Waals surface area contributed by atoms with Gasteiger partial charge < -0.3 is 14.6 Å². The minimum atomic E-state index is -0.377. The Kier molecular flexibility index (Phi) is 5.23. The van der Waals surface area contributed by atoms with Crippen LogP contribution in [0, 0.1) is 27.7 Å². The van der Waals surface area contributed by atoms with Crippen molar-refractivity contribution in [3.63, 3.8) is 0 Å². The Morgan fingerprint density at radius 1 is 1.30 bits per heavy atom. The van der Waals surface area contributed by atoms with E-state index in [1.54, 1.807) is 24.8 Å². The number of aryl methyl sites for hydroxylation is 3. The minimum absolute atomic E-state index is 0.208. The molecule has 0 saturated heterocycles. The summed E-state index contributed by atoms with van der Waals surface area (Å²) < 4.78 is 12.3. The molecule has 1 amide bonds. The fourth-order valence-corrected chi connectivity index (χ4v) is 2.97. The second kappa shape index (κ2) is 7.44. The highest BCUT2D eigenvalue weighted by atomic mass is 35.5. The van der Waals surface area contributed by atoms with Gasteiger partial charge in [0.15, 0.2) is 5.69 Å². The van der Waals surface area contributed by atoms with Gasteiger partial charge in [0, 0.05) is 5.56 Å². The van der Waals surface area contributed by atoms with Crippen LogP contribution in [-0.2, 0) is 6.54 Å². The lowest BCUT2D eigenvalue weighted by Gasteiger charge is -2.11. The van der Waals surface area contributed by atoms with Crippen molar-refractivity contribution in [2.24, 2.45) is 0 Å². The molecule has 0 atom stereocenters. The summed E-state index contributed by atoms with van der Waals surface area (Å²) >= 11 is 6.22. The predicted octanol–water partition coefficient (Wildman–Crippen LogP) is 4.07. The Morgan fingerprint density at radius 2 is 2.04 bits per heavy atom. The molecule has 0 unspecified atom stereocenters. The predicted molar refractivity (Wildman–Crippen MR) is 103 cm³/mol. The molecule has 0 aliphatic carbocycles. The Balaban J connectivity index is 1.91. The fraction of sp³-hybridized carbons (Fsp3) is 0.316. The van der Waals surface area contributed by atoms with Crippen LogP contribution >= 0.6 is 11.6 Å². The number of hydrogen-bond donors (Lipinski definition) is 1. The number of rotatable bonds is 5. The zero-order chi connectivity index (χ0) is 19.7. The number of methoxy groups -OCH3 is 1. The Labute approximate surface area is 162 Å². The third kappa shape index (κ3) is 3.68. The van der Waals surface area contributed by atoms with Crippen LogP contribution in [0.5, 0.6) is 5.75 Å².